The maximum atomic E-state index is 11.8. The highest BCUT2D eigenvalue weighted by atomic mass is 16.2. The van der Waals surface area contributed by atoms with E-state index in [4.69, 9.17) is 0 Å². The van der Waals surface area contributed by atoms with Crippen molar-refractivity contribution in [3.05, 3.63) is 34.4 Å². The molecule has 1 aliphatic heterocycles. The van der Waals surface area contributed by atoms with E-state index in [1.165, 1.54) is 22.3 Å². The lowest BCUT2D eigenvalue weighted by Crippen LogP contribution is -2.47. The summed E-state index contributed by atoms with van der Waals surface area (Å²) in [7, 11) is 0. The van der Waals surface area contributed by atoms with Crippen molar-refractivity contribution in [3.8, 4) is 0 Å². The van der Waals surface area contributed by atoms with Crippen LogP contribution in [0.5, 0.6) is 0 Å². The molecular weight excluding hydrogens is 212 g/mol. The first kappa shape index (κ1) is 12.1. The van der Waals surface area contributed by atoms with Crippen molar-refractivity contribution in [3.63, 3.8) is 0 Å². The first-order valence-corrected chi connectivity index (χ1v) is 6.13. The number of hydrogen-bond donors (Lipinski definition) is 1. The second-order valence-corrected chi connectivity index (χ2v) is 4.87. The summed E-state index contributed by atoms with van der Waals surface area (Å²) >= 11 is 0. The molecule has 1 aromatic rings. The molecule has 0 atom stereocenters. The van der Waals surface area contributed by atoms with Crippen molar-refractivity contribution >= 4 is 5.91 Å². The van der Waals surface area contributed by atoms with Gasteiger partial charge in [0.1, 0.15) is 0 Å². The van der Waals surface area contributed by atoms with Crippen molar-refractivity contribution in [2.24, 2.45) is 0 Å². The average Bonchev–Trinajstić information content (AvgIpc) is 2.25. The van der Waals surface area contributed by atoms with Gasteiger partial charge in [-0.1, -0.05) is 17.7 Å². The molecule has 2 rings (SSSR count). The molecule has 92 valence electrons. The molecule has 1 aromatic carbocycles. The molecule has 0 aromatic heterocycles. The Morgan fingerprint density at radius 2 is 1.88 bits per heavy atom. The predicted octanol–water partition coefficient (Wildman–Crippen LogP) is 1.54. The maximum absolute atomic E-state index is 11.8. The second kappa shape index (κ2) is 4.88. The van der Waals surface area contributed by atoms with Crippen LogP contribution in [0.25, 0.3) is 0 Å². The van der Waals surface area contributed by atoms with Gasteiger partial charge in [0.05, 0.1) is 6.54 Å². The van der Waals surface area contributed by atoms with Gasteiger partial charge in [-0.15, -0.1) is 0 Å². The molecule has 17 heavy (non-hydrogen) atoms. The van der Waals surface area contributed by atoms with Gasteiger partial charge in [-0.25, -0.2) is 0 Å². The first-order valence-electron chi connectivity index (χ1n) is 6.13. The molecule has 1 N–H and O–H groups in total. The Labute approximate surface area is 103 Å². The van der Waals surface area contributed by atoms with Crippen molar-refractivity contribution in [1.29, 1.82) is 0 Å². The van der Waals surface area contributed by atoms with Crippen LogP contribution < -0.4 is 5.32 Å². The quantitative estimate of drug-likeness (QED) is 0.839. The summed E-state index contributed by atoms with van der Waals surface area (Å²) < 4.78 is 0. The van der Waals surface area contributed by atoms with Crippen LogP contribution >= 0.6 is 0 Å². The predicted molar refractivity (Wildman–Crippen MR) is 68.9 cm³/mol. The van der Waals surface area contributed by atoms with Gasteiger partial charge in [-0.3, -0.25) is 4.79 Å². The Hall–Kier alpha value is -1.35. The zero-order valence-electron chi connectivity index (χ0n) is 10.8. The molecule has 0 unspecified atom stereocenters. The van der Waals surface area contributed by atoms with Gasteiger partial charge >= 0.3 is 0 Å². The number of carbonyl (C=O) groups excluding carboxylic acids is 1. The molecule has 0 bridgehead atoms. The first-order chi connectivity index (χ1) is 8.08. The molecule has 1 aliphatic rings. The Morgan fingerprint density at radius 3 is 2.47 bits per heavy atom. The average molecular weight is 232 g/mol. The van der Waals surface area contributed by atoms with E-state index in [1.54, 1.807) is 0 Å². The minimum Gasteiger partial charge on any atom is -0.336 e. The number of amides is 1. The fourth-order valence-corrected chi connectivity index (χ4v) is 2.46. The fraction of sp³-hybridized carbons (Fsp3) is 0.500. The van der Waals surface area contributed by atoms with Gasteiger partial charge in [-0.2, -0.15) is 0 Å². The van der Waals surface area contributed by atoms with Gasteiger partial charge in [0.2, 0.25) is 5.91 Å². The van der Waals surface area contributed by atoms with Crippen LogP contribution in [0, 0.1) is 20.8 Å². The van der Waals surface area contributed by atoms with Crippen molar-refractivity contribution in [2.75, 3.05) is 19.6 Å². The van der Waals surface area contributed by atoms with E-state index in [0.29, 0.717) is 6.54 Å². The third-order valence-electron chi connectivity index (χ3n) is 3.38. The summed E-state index contributed by atoms with van der Waals surface area (Å²) in [6.07, 6.45) is 0. The molecular formula is C14H20N2O. The number of rotatable bonds is 2. The number of nitrogens with zero attached hydrogens (tertiary/aromatic N) is 1. The third kappa shape index (κ3) is 2.67. The maximum Gasteiger partial charge on any atom is 0.236 e. The highest BCUT2D eigenvalue weighted by Crippen LogP contribution is 2.18. The number of carbonyl (C=O) groups is 1. The monoisotopic (exact) mass is 232 g/mol. The lowest BCUT2D eigenvalue weighted by atomic mass is 9.99. The summed E-state index contributed by atoms with van der Waals surface area (Å²) in [5, 5.41) is 3.10. The molecule has 0 saturated carbocycles. The van der Waals surface area contributed by atoms with Crippen LogP contribution in [0.1, 0.15) is 22.3 Å². The van der Waals surface area contributed by atoms with E-state index < -0.39 is 0 Å². The van der Waals surface area contributed by atoms with Gasteiger partial charge in [0.15, 0.2) is 0 Å². The topological polar surface area (TPSA) is 32.3 Å². The largest absolute Gasteiger partial charge is 0.336 e. The molecule has 3 heteroatoms. The molecule has 1 amide bonds. The van der Waals surface area contributed by atoms with E-state index in [9.17, 15) is 4.79 Å². The van der Waals surface area contributed by atoms with Crippen molar-refractivity contribution in [1.82, 2.24) is 10.2 Å². The van der Waals surface area contributed by atoms with E-state index in [0.717, 1.165) is 19.6 Å². The Morgan fingerprint density at radius 1 is 1.24 bits per heavy atom. The molecule has 1 heterocycles. The van der Waals surface area contributed by atoms with E-state index >= 15 is 0 Å². The van der Waals surface area contributed by atoms with Crippen LogP contribution in [0.4, 0.5) is 0 Å². The summed E-state index contributed by atoms with van der Waals surface area (Å²) in [6.45, 7) is 9.30. The van der Waals surface area contributed by atoms with Gasteiger partial charge in [0, 0.05) is 19.6 Å². The lowest BCUT2D eigenvalue weighted by molar-refractivity contribution is -0.132. The zero-order chi connectivity index (χ0) is 12.4. The van der Waals surface area contributed by atoms with E-state index in [2.05, 4.69) is 38.2 Å². The van der Waals surface area contributed by atoms with Gasteiger partial charge < -0.3 is 10.2 Å². The van der Waals surface area contributed by atoms with Gasteiger partial charge in [0.25, 0.3) is 0 Å². The lowest BCUT2D eigenvalue weighted by Gasteiger charge is -2.28. The summed E-state index contributed by atoms with van der Waals surface area (Å²) in [6, 6.07) is 4.38. The summed E-state index contributed by atoms with van der Waals surface area (Å²) in [5.74, 6) is 0.204. The zero-order valence-corrected chi connectivity index (χ0v) is 10.8. The Balaban J connectivity index is 2.20. The van der Waals surface area contributed by atoms with Crippen LogP contribution in [-0.2, 0) is 11.3 Å². The minimum atomic E-state index is 0.204. The van der Waals surface area contributed by atoms with Crippen LogP contribution in [0.3, 0.4) is 0 Å². The molecule has 0 aliphatic carbocycles. The van der Waals surface area contributed by atoms with Crippen LogP contribution in [0.2, 0.25) is 0 Å². The van der Waals surface area contributed by atoms with Crippen LogP contribution in [0.15, 0.2) is 12.1 Å². The summed E-state index contributed by atoms with van der Waals surface area (Å²) in [5.41, 5.74) is 5.16. The molecule has 1 fully saturated rings. The minimum absolute atomic E-state index is 0.204. The number of piperazine rings is 1. The number of aryl methyl sites for hydroxylation is 3. The Kier molecular flexibility index (Phi) is 3.48. The van der Waals surface area contributed by atoms with Crippen molar-refractivity contribution in [2.45, 2.75) is 27.3 Å². The van der Waals surface area contributed by atoms with Crippen molar-refractivity contribution < 1.29 is 4.79 Å². The highest BCUT2D eigenvalue weighted by molar-refractivity contribution is 5.79. The van der Waals surface area contributed by atoms with Crippen LogP contribution in [-0.4, -0.2) is 30.4 Å². The molecule has 0 radical (unpaired) electrons. The standard InChI is InChI=1S/C14H20N2O/c1-10-6-11(2)13(12(3)7-10)9-16-5-4-15-8-14(16)17/h6-7,15H,4-5,8-9H2,1-3H3. The normalized spacial score (nSPS) is 16.4. The van der Waals surface area contributed by atoms with Gasteiger partial charge in [-0.05, 0) is 37.5 Å². The molecule has 3 nitrogen and oxygen atoms in total. The third-order valence-corrected chi connectivity index (χ3v) is 3.38. The second-order valence-electron chi connectivity index (χ2n) is 4.87. The number of hydrogen-bond acceptors (Lipinski definition) is 2. The fourth-order valence-electron chi connectivity index (χ4n) is 2.46. The molecule has 1 saturated heterocycles. The highest BCUT2D eigenvalue weighted by Gasteiger charge is 2.19. The molecule has 0 spiro atoms. The smallest absolute Gasteiger partial charge is 0.236 e. The Bertz CT molecular complexity index is 417. The SMILES string of the molecule is Cc1cc(C)c(CN2CCNCC2=O)c(C)c1. The van der Waals surface area contributed by atoms with E-state index in [-0.39, 0.29) is 5.91 Å². The summed E-state index contributed by atoms with van der Waals surface area (Å²) in [4.78, 5) is 13.7. The van der Waals surface area contributed by atoms with E-state index in [1.807, 2.05) is 4.90 Å². The number of nitrogens with one attached hydrogen (secondary N) is 1. The number of benzene rings is 1.